The van der Waals surface area contributed by atoms with Gasteiger partial charge in [-0.3, -0.25) is 4.90 Å². The van der Waals surface area contributed by atoms with E-state index in [0.717, 1.165) is 5.82 Å². The summed E-state index contributed by atoms with van der Waals surface area (Å²) in [6, 6.07) is 6.24. The zero-order valence-corrected chi connectivity index (χ0v) is 13.6. The second-order valence-electron chi connectivity index (χ2n) is 4.67. The minimum absolute atomic E-state index is 0.0478. The monoisotopic (exact) mass is 274 g/mol. The first kappa shape index (κ1) is 16.3. The lowest BCUT2D eigenvalue weighted by molar-refractivity contribution is -0.772. The number of hydrogen-bond acceptors (Lipinski definition) is 2. The van der Waals surface area contributed by atoms with Crippen molar-refractivity contribution in [3.63, 3.8) is 0 Å². The van der Waals surface area contributed by atoms with E-state index >= 15 is 0 Å². The Labute approximate surface area is 123 Å². The van der Waals surface area contributed by atoms with Crippen LogP contribution >= 0.6 is 0 Å². The summed E-state index contributed by atoms with van der Waals surface area (Å²) in [6.07, 6.45) is 10.9. The lowest BCUT2D eigenvalue weighted by atomic mass is 10.1. The smallest absolute Gasteiger partial charge is 0.278 e. The molecule has 20 heavy (non-hydrogen) atoms. The van der Waals surface area contributed by atoms with E-state index in [-0.39, 0.29) is 11.8 Å². The van der Waals surface area contributed by atoms with E-state index in [4.69, 9.17) is 0 Å². The van der Waals surface area contributed by atoms with Crippen molar-refractivity contribution in [1.29, 1.82) is 0 Å². The van der Waals surface area contributed by atoms with Crippen LogP contribution in [0.4, 0.5) is 5.82 Å². The average Bonchev–Trinajstić information content (AvgIpc) is 2.52. The minimum Gasteiger partial charge on any atom is -0.295 e. The number of allylic oxidation sites excluding steroid dienone is 2. The molecule has 110 valence electrons. The first-order valence-corrected chi connectivity index (χ1v) is 7.61. The number of fused-ring (bicyclic) bond motifs is 2. The molecule has 1 aromatic heterocycles. The number of pyridine rings is 1. The summed E-state index contributed by atoms with van der Waals surface area (Å²) in [6.45, 7) is 12.5. The summed E-state index contributed by atoms with van der Waals surface area (Å²) in [4.78, 5) is 2.32. The molecule has 0 fully saturated rings. The van der Waals surface area contributed by atoms with E-state index < -0.39 is 0 Å². The second kappa shape index (κ2) is 7.13. The molecule has 3 heterocycles. The number of aromatic nitrogens is 1. The summed E-state index contributed by atoms with van der Waals surface area (Å²) >= 11 is 0. The maximum absolute atomic E-state index is 3.51. The van der Waals surface area contributed by atoms with Gasteiger partial charge in [-0.2, -0.15) is 0 Å². The van der Waals surface area contributed by atoms with Crippen LogP contribution in [0, 0.1) is 0 Å². The van der Waals surface area contributed by atoms with Gasteiger partial charge in [-0.25, -0.2) is 9.88 Å². The van der Waals surface area contributed by atoms with Crippen LogP contribution in [0.3, 0.4) is 0 Å². The molecule has 0 radical (unpaired) electrons. The highest BCUT2D eigenvalue weighted by molar-refractivity contribution is 5.35. The molecule has 0 aliphatic carbocycles. The molecule has 0 saturated carbocycles. The molecule has 0 bridgehead atoms. The number of rotatable bonds is 0. The molecule has 2 aliphatic rings. The van der Waals surface area contributed by atoms with Crippen LogP contribution in [0.15, 0.2) is 48.8 Å². The van der Waals surface area contributed by atoms with Crippen molar-refractivity contribution in [2.45, 2.75) is 53.4 Å². The van der Waals surface area contributed by atoms with Gasteiger partial charge in [0.2, 0.25) is 0 Å². The van der Waals surface area contributed by atoms with Gasteiger partial charge >= 0.3 is 0 Å². The van der Waals surface area contributed by atoms with E-state index in [9.17, 15) is 0 Å². The molecule has 0 aromatic carbocycles. The molecule has 3 nitrogen and oxygen atoms in total. The van der Waals surface area contributed by atoms with Crippen molar-refractivity contribution in [3.05, 3.63) is 48.8 Å². The highest BCUT2D eigenvalue weighted by atomic mass is 15.5. The predicted molar refractivity (Wildman–Crippen MR) is 86.2 cm³/mol. The Morgan fingerprint density at radius 1 is 1.10 bits per heavy atom. The summed E-state index contributed by atoms with van der Waals surface area (Å²) in [5, 5.41) is 3.51. The highest BCUT2D eigenvalue weighted by Crippen LogP contribution is 2.27. The Bertz CT molecular complexity index is 475. The Balaban J connectivity index is 0.000000461. The quantitative estimate of drug-likeness (QED) is 0.725. The molecule has 0 spiro atoms. The number of anilines is 1. The molecule has 1 atom stereocenters. The fourth-order valence-corrected chi connectivity index (χ4v) is 2.45. The van der Waals surface area contributed by atoms with Crippen molar-refractivity contribution in [3.8, 4) is 0 Å². The largest absolute Gasteiger partial charge is 0.295 e. The molecule has 1 aromatic rings. The lowest BCUT2D eigenvalue weighted by Crippen LogP contribution is -2.69. The van der Waals surface area contributed by atoms with Gasteiger partial charge in [0, 0.05) is 12.3 Å². The van der Waals surface area contributed by atoms with E-state index in [2.05, 4.69) is 77.5 Å². The Hall–Kier alpha value is -1.77. The molecular weight excluding hydrogens is 246 g/mol. The Morgan fingerprint density at radius 3 is 2.50 bits per heavy atom. The van der Waals surface area contributed by atoms with E-state index in [1.54, 1.807) is 0 Å². The van der Waals surface area contributed by atoms with E-state index in [0.29, 0.717) is 0 Å². The average molecular weight is 274 g/mol. The first-order valence-electron chi connectivity index (χ1n) is 7.61. The van der Waals surface area contributed by atoms with Crippen LogP contribution in [0.25, 0.3) is 0 Å². The van der Waals surface area contributed by atoms with Crippen LogP contribution < -0.4 is 9.88 Å². The van der Waals surface area contributed by atoms with E-state index in [1.807, 2.05) is 27.7 Å². The van der Waals surface area contributed by atoms with Crippen LogP contribution in [-0.2, 0) is 5.66 Å². The van der Waals surface area contributed by atoms with Crippen molar-refractivity contribution in [2.24, 2.45) is 0 Å². The van der Waals surface area contributed by atoms with Crippen LogP contribution in [-0.4, -0.2) is 11.1 Å². The second-order valence-corrected chi connectivity index (χ2v) is 4.67. The normalized spacial score (nSPS) is 20.3. The summed E-state index contributed by atoms with van der Waals surface area (Å²) in [5.74, 6) is 1.16. The maximum atomic E-state index is 3.51. The van der Waals surface area contributed by atoms with Crippen LogP contribution in [0.2, 0.25) is 0 Å². The fourth-order valence-electron chi connectivity index (χ4n) is 2.45. The van der Waals surface area contributed by atoms with E-state index in [1.165, 1.54) is 0 Å². The van der Waals surface area contributed by atoms with Crippen molar-refractivity contribution in [2.75, 3.05) is 5.32 Å². The van der Waals surface area contributed by atoms with Crippen LogP contribution in [0.5, 0.6) is 0 Å². The molecule has 0 amide bonds. The van der Waals surface area contributed by atoms with Crippen molar-refractivity contribution >= 4 is 5.82 Å². The number of nitrogens with one attached hydrogen (secondary N) is 1. The van der Waals surface area contributed by atoms with Gasteiger partial charge < -0.3 is 0 Å². The first-order chi connectivity index (χ1) is 9.69. The van der Waals surface area contributed by atoms with Gasteiger partial charge in [-0.05, 0) is 32.1 Å². The summed E-state index contributed by atoms with van der Waals surface area (Å²) in [7, 11) is 0. The minimum atomic E-state index is -0.0478. The number of nitrogens with zero attached hydrogens (tertiary/aromatic N) is 2. The third-order valence-corrected chi connectivity index (χ3v) is 3.33. The van der Waals surface area contributed by atoms with Crippen molar-refractivity contribution in [1.82, 2.24) is 4.90 Å². The number of hydrogen-bond donors (Lipinski definition) is 1. The molecule has 2 aliphatic heterocycles. The molecule has 1 unspecified atom stereocenters. The Kier molecular flexibility index (Phi) is 5.81. The third kappa shape index (κ3) is 2.87. The van der Waals surface area contributed by atoms with Gasteiger partial charge in [0.15, 0.2) is 11.8 Å². The predicted octanol–water partition coefficient (Wildman–Crippen LogP) is 3.86. The maximum Gasteiger partial charge on any atom is 0.278 e. The standard InChI is InChI=1S/C13H15N3.2C2H6/c1-13(2)15-9-5-3-7-11(15)14-12-8-4-6-10-16(12)13;2*1-2/h3-11H,1-2H3;2*1-2H3/p+1. The molecule has 3 heteroatoms. The molecule has 1 N–H and O–H groups in total. The fraction of sp³-hybridized carbons (Fsp3) is 0.471. The van der Waals surface area contributed by atoms with Crippen molar-refractivity contribution < 1.29 is 4.57 Å². The highest BCUT2D eigenvalue weighted by Gasteiger charge is 2.42. The lowest BCUT2D eigenvalue weighted by Gasteiger charge is -2.43. The summed E-state index contributed by atoms with van der Waals surface area (Å²) < 4.78 is 2.26. The van der Waals surface area contributed by atoms with Gasteiger partial charge in [0.25, 0.3) is 5.82 Å². The van der Waals surface area contributed by atoms with Gasteiger partial charge in [-0.15, -0.1) is 0 Å². The summed E-state index contributed by atoms with van der Waals surface area (Å²) in [5.41, 5.74) is -0.0478. The van der Waals surface area contributed by atoms with Gasteiger partial charge in [-0.1, -0.05) is 39.8 Å². The molecule has 0 saturated heterocycles. The Morgan fingerprint density at radius 2 is 1.80 bits per heavy atom. The molecule has 3 rings (SSSR count). The third-order valence-electron chi connectivity index (χ3n) is 3.33. The zero-order valence-electron chi connectivity index (χ0n) is 13.6. The topological polar surface area (TPSA) is 19.1 Å². The van der Waals surface area contributed by atoms with Gasteiger partial charge in [0.1, 0.15) is 0 Å². The van der Waals surface area contributed by atoms with Gasteiger partial charge in [0.05, 0.1) is 6.20 Å². The van der Waals surface area contributed by atoms with Crippen LogP contribution in [0.1, 0.15) is 41.5 Å². The SMILES string of the molecule is CC.CC.CC1(C)N2C=CC=CC2Nc2cccc[n+]21. The zero-order chi connectivity index (χ0) is 15.2. The molecular formula is C17H28N3+.